The lowest BCUT2D eigenvalue weighted by atomic mass is 10.1. The first kappa shape index (κ1) is 38.5. The highest BCUT2D eigenvalue weighted by Gasteiger charge is 2.23. The van der Waals surface area contributed by atoms with Gasteiger partial charge in [-0.25, -0.2) is 9.59 Å². The number of rotatable bonds is 29. The Balaban J connectivity index is 4.07. The van der Waals surface area contributed by atoms with Gasteiger partial charge in [-0.3, -0.25) is 9.59 Å². The molecule has 0 spiro atoms. The van der Waals surface area contributed by atoms with Crippen LogP contribution in [0.25, 0.3) is 0 Å². The second kappa shape index (κ2) is 27.7. The maximum atomic E-state index is 12.2. The maximum absolute atomic E-state index is 12.2. The summed E-state index contributed by atoms with van der Waals surface area (Å²) in [5.41, 5.74) is 11.0. The first-order valence-corrected chi connectivity index (χ1v) is 17.5. The molecule has 0 aliphatic heterocycles. The number of hydrogen-bond acceptors (Lipinski definition) is 8. The van der Waals surface area contributed by atoms with E-state index in [1.165, 1.54) is 47.3 Å². The van der Waals surface area contributed by atoms with Crippen LogP contribution in [0.5, 0.6) is 0 Å². The molecule has 0 bridgehead atoms. The van der Waals surface area contributed by atoms with Crippen molar-refractivity contribution in [3.8, 4) is 0 Å². The van der Waals surface area contributed by atoms with Gasteiger partial charge in [-0.1, -0.05) is 98.6 Å². The largest absolute Gasteiger partial charge is 0.480 e. The lowest BCUT2D eigenvalue weighted by Gasteiger charge is -2.16. The third-order valence-corrected chi connectivity index (χ3v) is 8.96. The Kier molecular flexibility index (Phi) is 26.6. The van der Waals surface area contributed by atoms with Gasteiger partial charge in [-0.05, 0) is 38.8 Å². The van der Waals surface area contributed by atoms with Gasteiger partial charge < -0.3 is 32.3 Å². The van der Waals surface area contributed by atoms with E-state index in [1.54, 1.807) is 0 Å². The predicted octanol–water partition coefficient (Wildman–Crippen LogP) is 4.45. The molecule has 0 saturated carbocycles. The van der Waals surface area contributed by atoms with Crippen molar-refractivity contribution in [2.45, 2.75) is 128 Å². The number of hydrogen-bond donors (Lipinski definition) is 6. The molecule has 2 unspecified atom stereocenters. The molecule has 2 amide bonds. The molecule has 40 heavy (non-hydrogen) atoms. The monoisotopic (exact) mass is 606 g/mol. The Morgan fingerprint density at radius 1 is 0.500 bits per heavy atom. The van der Waals surface area contributed by atoms with Crippen LogP contribution in [0.2, 0.25) is 0 Å². The summed E-state index contributed by atoms with van der Waals surface area (Å²) in [6, 6.07) is -2.10. The molecule has 12 heteroatoms. The van der Waals surface area contributed by atoms with Gasteiger partial charge in [0.05, 0.1) is 0 Å². The van der Waals surface area contributed by atoms with Gasteiger partial charge >= 0.3 is 11.9 Å². The highest BCUT2D eigenvalue weighted by Crippen LogP contribution is 2.23. The summed E-state index contributed by atoms with van der Waals surface area (Å²) in [6.07, 6.45) is 17.4. The molecule has 234 valence electrons. The van der Waals surface area contributed by atoms with Crippen molar-refractivity contribution in [1.29, 1.82) is 0 Å². The Hall–Kier alpha value is -1.50. The van der Waals surface area contributed by atoms with Crippen molar-refractivity contribution in [3.63, 3.8) is 0 Å². The summed E-state index contributed by atoms with van der Waals surface area (Å²) >= 11 is 0. The van der Waals surface area contributed by atoms with Gasteiger partial charge in [-0.2, -0.15) is 0 Å². The fourth-order valence-electron chi connectivity index (χ4n) is 4.10. The number of unbranched alkanes of at least 4 members (excludes halogenated alkanes) is 14. The summed E-state index contributed by atoms with van der Waals surface area (Å²) in [5, 5.41) is 24.0. The van der Waals surface area contributed by atoms with Crippen molar-refractivity contribution in [2.75, 3.05) is 24.6 Å². The molecule has 0 heterocycles. The molecule has 10 nitrogen and oxygen atoms in total. The Morgan fingerprint density at radius 2 is 0.775 bits per heavy atom. The smallest absolute Gasteiger partial charge is 0.327 e. The first-order chi connectivity index (χ1) is 19.3. The van der Waals surface area contributed by atoms with Gasteiger partial charge in [-0.15, -0.1) is 0 Å². The molecule has 0 aliphatic carbocycles. The summed E-state index contributed by atoms with van der Waals surface area (Å²) < 4.78 is 0. The average molecular weight is 607 g/mol. The highest BCUT2D eigenvalue weighted by molar-refractivity contribution is 8.76. The van der Waals surface area contributed by atoms with E-state index in [9.17, 15) is 29.4 Å². The predicted molar refractivity (Wildman–Crippen MR) is 165 cm³/mol. The van der Waals surface area contributed by atoms with Crippen molar-refractivity contribution in [3.05, 3.63) is 0 Å². The molecule has 0 radical (unpaired) electrons. The minimum Gasteiger partial charge on any atom is -0.480 e. The van der Waals surface area contributed by atoms with Crippen LogP contribution < -0.4 is 22.1 Å². The van der Waals surface area contributed by atoms with Gasteiger partial charge in [0.1, 0.15) is 12.1 Å². The van der Waals surface area contributed by atoms with Crippen LogP contribution >= 0.6 is 21.6 Å². The topological polar surface area (TPSA) is 185 Å². The lowest BCUT2D eigenvalue weighted by Crippen LogP contribution is -2.43. The molecule has 0 aliphatic rings. The number of carbonyl (C=O) groups excluding carboxylic acids is 2. The van der Waals surface area contributed by atoms with Crippen LogP contribution in [0.1, 0.15) is 116 Å². The number of amides is 2. The van der Waals surface area contributed by atoms with Crippen molar-refractivity contribution in [1.82, 2.24) is 10.6 Å². The first-order valence-electron chi connectivity index (χ1n) is 15.0. The molecule has 0 aromatic carbocycles. The zero-order valence-electron chi connectivity index (χ0n) is 24.2. The second-order valence-electron chi connectivity index (χ2n) is 10.2. The fourth-order valence-corrected chi connectivity index (χ4v) is 6.41. The molecular weight excluding hydrogens is 552 g/mol. The normalized spacial score (nSPS) is 12.6. The molecule has 0 rings (SSSR count). The van der Waals surface area contributed by atoms with E-state index in [-0.39, 0.29) is 36.2 Å². The van der Waals surface area contributed by atoms with Crippen LogP contribution in [0, 0.1) is 0 Å². The highest BCUT2D eigenvalue weighted by atomic mass is 33.1. The standard InChI is InChI=1S/C28H54N4O6S2/c29-19-15-11-7-3-1-5-9-13-17-25(33)31-23(27(35)36)21-39-40-22-24(28(37)38)32-26(34)18-14-10-6-2-4-8-12-16-20-30/h23-24H,1-22,29-30H2,(H,31,33)(H,32,34)(H,35,36)(H,37,38). The zero-order valence-corrected chi connectivity index (χ0v) is 25.8. The number of carbonyl (C=O) groups is 4. The summed E-state index contributed by atoms with van der Waals surface area (Å²) in [7, 11) is 2.35. The maximum Gasteiger partial charge on any atom is 0.327 e. The lowest BCUT2D eigenvalue weighted by molar-refractivity contribution is -0.141. The Bertz CT molecular complexity index is 631. The van der Waals surface area contributed by atoms with Gasteiger partial charge in [0.15, 0.2) is 0 Å². The van der Waals surface area contributed by atoms with E-state index >= 15 is 0 Å². The SMILES string of the molecule is NCCCCCCCCCCC(=O)NC(CSSCC(NC(=O)CCCCCCCCCCN)C(=O)O)C(=O)O. The molecule has 0 saturated heterocycles. The number of aliphatic carboxylic acids is 2. The van der Waals surface area contributed by atoms with E-state index in [0.717, 1.165) is 90.1 Å². The average Bonchev–Trinajstić information content (AvgIpc) is 2.91. The zero-order chi connectivity index (χ0) is 29.8. The minimum absolute atomic E-state index is 0.0983. The molecule has 0 aromatic rings. The Labute approximate surface area is 248 Å². The van der Waals surface area contributed by atoms with Crippen LogP contribution in [-0.4, -0.2) is 70.6 Å². The van der Waals surface area contributed by atoms with Crippen molar-refractivity contribution in [2.24, 2.45) is 11.5 Å². The van der Waals surface area contributed by atoms with Crippen molar-refractivity contribution >= 4 is 45.3 Å². The fraction of sp³-hybridized carbons (Fsp3) is 0.857. The van der Waals surface area contributed by atoms with E-state index < -0.39 is 24.0 Å². The summed E-state index contributed by atoms with van der Waals surface area (Å²) in [5.74, 6) is -2.64. The molecule has 2 atom stereocenters. The minimum atomic E-state index is -1.13. The Morgan fingerprint density at radius 3 is 1.05 bits per heavy atom. The number of nitrogens with one attached hydrogen (secondary N) is 2. The third-order valence-electron chi connectivity index (χ3n) is 6.54. The second-order valence-corrected chi connectivity index (χ2v) is 12.8. The number of carboxylic acid groups (broad SMARTS) is 2. The van der Waals surface area contributed by atoms with Crippen LogP contribution in [0.3, 0.4) is 0 Å². The number of carboxylic acids is 2. The van der Waals surface area contributed by atoms with E-state index in [4.69, 9.17) is 11.5 Å². The van der Waals surface area contributed by atoms with Gasteiger partial charge in [0.25, 0.3) is 0 Å². The molecule has 0 aromatic heterocycles. The number of nitrogens with two attached hydrogens (primary N) is 2. The molecule has 8 N–H and O–H groups in total. The van der Waals surface area contributed by atoms with E-state index in [0.29, 0.717) is 0 Å². The van der Waals surface area contributed by atoms with Crippen LogP contribution in [-0.2, 0) is 19.2 Å². The van der Waals surface area contributed by atoms with Crippen LogP contribution in [0.15, 0.2) is 0 Å². The van der Waals surface area contributed by atoms with Gasteiger partial charge in [0.2, 0.25) is 11.8 Å². The summed E-state index contributed by atoms with van der Waals surface area (Å²) in [6.45, 7) is 1.48. The van der Waals surface area contributed by atoms with Crippen molar-refractivity contribution < 1.29 is 29.4 Å². The van der Waals surface area contributed by atoms with Gasteiger partial charge in [0, 0.05) is 24.3 Å². The van der Waals surface area contributed by atoms with Crippen LogP contribution in [0.4, 0.5) is 0 Å². The summed E-state index contributed by atoms with van der Waals surface area (Å²) in [4.78, 5) is 47.5. The van der Waals surface area contributed by atoms with E-state index in [2.05, 4.69) is 10.6 Å². The molecule has 0 fully saturated rings. The quantitative estimate of drug-likeness (QED) is 0.0525. The third kappa shape index (κ3) is 24.3. The molecular formula is C28H54N4O6S2. The van der Waals surface area contributed by atoms with E-state index in [1.807, 2.05) is 0 Å².